The van der Waals surface area contributed by atoms with Gasteiger partial charge >= 0.3 is 0 Å². The standard InChI is InChI=1S/C26H22NO2P/c1-28-25-18-17-21(20-27-22-11-5-2-6-12-22)19-26(25)29-30(23-13-7-3-8-14-23)24-15-9-4-10-16-24/h2-20H,1H3. The highest BCUT2D eigenvalue weighted by Crippen LogP contribution is 2.41. The molecule has 0 unspecified atom stereocenters. The van der Waals surface area contributed by atoms with E-state index >= 15 is 0 Å². The summed E-state index contributed by atoms with van der Waals surface area (Å²) in [5.74, 6) is 1.40. The Morgan fingerprint density at radius 2 is 1.23 bits per heavy atom. The van der Waals surface area contributed by atoms with E-state index in [9.17, 15) is 0 Å². The Morgan fingerprint density at radius 1 is 0.667 bits per heavy atom. The van der Waals surface area contributed by atoms with E-state index < -0.39 is 8.15 Å². The Bertz CT molecular complexity index is 1060. The molecule has 0 atom stereocenters. The smallest absolute Gasteiger partial charge is 0.166 e. The molecule has 0 saturated heterocycles. The predicted octanol–water partition coefficient (Wildman–Crippen LogP) is 5.87. The number of aliphatic imine (C=N–C) groups is 1. The molecule has 0 aliphatic carbocycles. The van der Waals surface area contributed by atoms with E-state index in [1.807, 2.05) is 91.1 Å². The number of methoxy groups -OCH3 is 1. The van der Waals surface area contributed by atoms with Gasteiger partial charge in [-0.25, -0.2) is 0 Å². The van der Waals surface area contributed by atoms with Crippen LogP contribution in [0, 0.1) is 0 Å². The minimum absolute atomic E-state index is 0.700. The normalized spacial score (nSPS) is 11.0. The molecule has 0 fully saturated rings. The van der Waals surface area contributed by atoms with Gasteiger partial charge in [0, 0.05) is 16.8 Å². The molecule has 4 rings (SSSR count). The van der Waals surface area contributed by atoms with Crippen molar-refractivity contribution >= 4 is 30.7 Å². The predicted molar refractivity (Wildman–Crippen MR) is 126 cm³/mol. The van der Waals surface area contributed by atoms with Crippen molar-refractivity contribution < 1.29 is 9.26 Å². The molecule has 3 nitrogen and oxygen atoms in total. The van der Waals surface area contributed by atoms with E-state index in [-0.39, 0.29) is 0 Å². The fourth-order valence-electron chi connectivity index (χ4n) is 2.99. The Kier molecular flexibility index (Phi) is 6.54. The summed E-state index contributed by atoms with van der Waals surface area (Å²) in [4.78, 5) is 4.55. The van der Waals surface area contributed by atoms with Crippen molar-refractivity contribution in [1.29, 1.82) is 0 Å². The van der Waals surface area contributed by atoms with E-state index in [0.29, 0.717) is 11.5 Å². The number of para-hydroxylation sites is 1. The van der Waals surface area contributed by atoms with Gasteiger partial charge in [0.05, 0.1) is 12.8 Å². The highest BCUT2D eigenvalue weighted by Gasteiger charge is 2.19. The summed E-state index contributed by atoms with van der Waals surface area (Å²) < 4.78 is 12.2. The zero-order valence-corrected chi connectivity index (χ0v) is 17.6. The zero-order chi connectivity index (χ0) is 20.6. The summed E-state index contributed by atoms with van der Waals surface area (Å²) in [5, 5.41) is 2.29. The zero-order valence-electron chi connectivity index (χ0n) is 16.7. The number of ether oxygens (including phenoxy) is 1. The van der Waals surface area contributed by atoms with Crippen LogP contribution < -0.4 is 19.9 Å². The van der Waals surface area contributed by atoms with Crippen LogP contribution >= 0.6 is 8.15 Å². The molecule has 0 radical (unpaired) electrons. The fourth-order valence-corrected chi connectivity index (χ4v) is 4.72. The minimum atomic E-state index is -1.04. The molecule has 4 heteroatoms. The van der Waals surface area contributed by atoms with Gasteiger partial charge in [-0.15, -0.1) is 0 Å². The van der Waals surface area contributed by atoms with Crippen LogP contribution in [0.4, 0.5) is 5.69 Å². The maximum Gasteiger partial charge on any atom is 0.166 e. The molecule has 4 aromatic carbocycles. The van der Waals surface area contributed by atoms with E-state index in [4.69, 9.17) is 9.26 Å². The highest BCUT2D eigenvalue weighted by molar-refractivity contribution is 7.68. The first-order chi connectivity index (χ1) is 14.8. The molecule has 0 amide bonds. The third-order valence-electron chi connectivity index (χ3n) is 4.48. The van der Waals surface area contributed by atoms with Crippen LogP contribution in [-0.2, 0) is 0 Å². The number of hydrogen-bond donors (Lipinski definition) is 0. The lowest BCUT2D eigenvalue weighted by Gasteiger charge is -2.21. The lowest BCUT2D eigenvalue weighted by Crippen LogP contribution is -2.15. The fraction of sp³-hybridized carbons (Fsp3) is 0.0385. The summed E-state index contributed by atoms with van der Waals surface area (Å²) in [6, 6.07) is 36.4. The molecule has 4 aromatic rings. The molecule has 0 N–H and O–H groups in total. The molecule has 0 heterocycles. The summed E-state index contributed by atoms with van der Waals surface area (Å²) in [5.41, 5.74) is 1.86. The highest BCUT2D eigenvalue weighted by atomic mass is 31.1. The van der Waals surface area contributed by atoms with Gasteiger partial charge in [0.1, 0.15) is 0 Å². The average Bonchev–Trinajstić information content (AvgIpc) is 2.83. The number of hydrogen-bond acceptors (Lipinski definition) is 3. The van der Waals surface area contributed by atoms with Crippen molar-refractivity contribution in [3.8, 4) is 11.5 Å². The molecule has 30 heavy (non-hydrogen) atoms. The SMILES string of the molecule is COc1ccc(C=Nc2ccccc2)cc1OP(c1ccccc1)c1ccccc1. The van der Waals surface area contributed by atoms with Gasteiger partial charge in [0.2, 0.25) is 0 Å². The Labute approximate surface area is 178 Å². The van der Waals surface area contributed by atoms with Crippen molar-refractivity contribution in [1.82, 2.24) is 0 Å². The van der Waals surface area contributed by atoms with Gasteiger partial charge in [-0.05, 0) is 35.9 Å². The topological polar surface area (TPSA) is 30.8 Å². The Hall–Kier alpha value is -3.42. The second-order valence-electron chi connectivity index (χ2n) is 6.56. The van der Waals surface area contributed by atoms with Gasteiger partial charge in [0.25, 0.3) is 0 Å². The Morgan fingerprint density at radius 3 is 1.80 bits per heavy atom. The van der Waals surface area contributed by atoms with Gasteiger partial charge in [0.15, 0.2) is 19.6 Å². The van der Waals surface area contributed by atoms with Crippen LogP contribution in [0.5, 0.6) is 11.5 Å². The molecule has 0 aromatic heterocycles. The van der Waals surface area contributed by atoms with Crippen LogP contribution in [-0.4, -0.2) is 13.3 Å². The second kappa shape index (κ2) is 9.87. The van der Waals surface area contributed by atoms with E-state index in [0.717, 1.165) is 21.9 Å². The van der Waals surface area contributed by atoms with Gasteiger partial charge in [-0.1, -0.05) is 78.9 Å². The van der Waals surface area contributed by atoms with Crippen molar-refractivity contribution in [2.75, 3.05) is 7.11 Å². The molecular weight excluding hydrogens is 389 g/mol. The summed E-state index contributed by atoms with van der Waals surface area (Å²) in [7, 11) is 0.621. The van der Waals surface area contributed by atoms with Crippen molar-refractivity contribution in [3.63, 3.8) is 0 Å². The second-order valence-corrected chi connectivity index (χ2v) is 8.36. The van der Waals surface area contributed by atoms with Crippen LogP contribution in [0.15, 0.2) is 114 Å². The molecule has 0 saturated carbocycles. The van der Waals surface area contributed by atoms with Crippen LogP contribution in [0.25, 0.3) is 0 Å². The van der Waals surface area contributed by atoms with Crippen LogP contribution in [0.1, 0.15) is 5.56 Å². The van der Waals surface area contributed by atoms with E-state index in [1.54, 1.807) is 7.11 Å². The van der Waals surface area contributed by atoms with E-state index in [1.165, 1.54) is 0 Å². The number of benzene rings is 4. The van der Waals surface area contributed by atoms with Crippen molar-refractivity contribution in [3.05, 3.63) is 115 Å². The van der Waals surface area contributed by atoms with Gasteiger partial charge < -0.3 is 9.26 Å². The quantitative estimate of drug-likeness (QED) is 0.281. The van der Waals surface area contributed by atoms with Crippen molar-refractivity contribution in [2.24, 2.45) is 4.99 Å². The molecule has 0 spiro atoms. The van der Waals surface area contributed by atoms with Gasteiger partial charge in [-0.2, -0.15) is 0 Å². The molecule has 0 aliphatic rings. The first-order valence-corrected chi connectivity index (χ1v) is 10.9. The summed E-state index contributed by atoms with van der Waals surface area (Å²) >= 11 is 0. The third kappa shape index (κ3) is 4.94. The molecule has 0 bridgehead atoms. The van der Waals surface area contributed by atoms with Crippen molar-refractivity contribution in [2.45, 2.75) is 0 Å². The first-order valence-electron chi connectivity index (χ1n) is 9.69. The minimum Gasteiger partial charge on any atom is -0.493 e. The third-order valence-corrected chi connectivity index (χ3v) is 6.39. The Balaban J connectivity index is 1.68. The monoisotopic (exact) mass is 411 g/mol. The van der Waals surface area contributed by atoms with E-state index in [2.05, 4.69) is 29.3 Å². The van der Waals surface area contributed by atoms with Gasteiger partial charge in [-0.3, -0.25) is 4.99 Å². The lowest BCUT2D eigenvalue weighted by atomic mass is 10.2. The summed E-state index contributed by atoms with van der Waals surface area (Å²) in [6.07, 6.45) is 1.84. The van der Waals surface area contributed by atoms with Crippen LogP contribution in [0.3, 0.4) is 0 Å². The maximum absolute atomic E-state index is 6.58. The first kappa shape index (κ1) is 19.9. The lowest BCUT2D eigenvalue weighted by molar-refractivity contribution is 0.398. The average molecular weight is 411 g/mol. The molecular formula is C26H22NO2P. The number of nitrogens with zero attached hydrogens (tertiary/aromatic N) is 1. The summed E-state index contributed by atoms with van der Waals surface area (Å²) in [6.45, 7) is 0. The molecule has 148 valence electrons. The maximum atomic E-state index is 6.58. The molecule has 0 aliphatic heterocycles. The van der Waals surface area contributed by atoms with Crippen LogP contribution in [0.2, 0.25) is 0 Å². The largest absolute Gasteiger partial charge is 0.493 e. The number of rotatable bonds is 7.